The second-order valence-corrected chi connectivity index (χ2v) is 8.74. The van der Waals surface area contributed by atoms with Crippen LogP contribution in [-0.2, 0) is 22.4 Å². The Morgan fingerprint density at radius 2 is 1.38 bits per heavy atom. The lowest BCUT2D eigenvalue weighted by atomic mass is 9.81. The van der Waals surface area contributed by atoms with Crippen molar-refractivity contribution in [3.63, 3.8) is 0 Å². The highest BCUT2D eigenvalue weighted by Crippen LogP contribution is 2.62. The molecule has 2 nitrogen and oxygen atoms in total. The van der Waals surface area contributed by atoms with Crippen molar-refractivity contribution in [2.24, 2.45) is 23.7 Å². The summed E-state index contributed by atoms with van der Waals surface area (Å²) in [5.41, 5.74) is 7.46. The zero-order valence-corrected chi connectivity index (χ0v) is 16.7. The largest absolute Gasteiger partial charge is 0.298 e. The van der Waals surface area contributed by atoms with Gasteiger partial charge in [-0.05, 0) is 75.0 Å². The lowest BCUT2D eigenvalue weighted by Gasteiger charge is -2.21. The fourth-order valence-electron chi connectivity index (χ4n) is 6.40. The Morgan fingerprint density at radius 1 is 0.923 bits per heavy atom. The third-order valence-electron chi connectivity index (χ3n) is 7.19. The molecule has 0 saturated heterocycles. The Balaban J connectivity index is 1.83. The average molecular weight is 351 g/mol. The van der Waals surface area contributed by atoms with Crippen LogP contribution in [0.2, 0.25) is 0 Å². The van der Waals surface area contributed by atoms with Crippen LogP contribution >= 0.6 is 0 Å². The molecule has 0 heterocycles. The summed E-state index contributed by atoms with van der Waals surface area (Å²) in [6.45, 7) is 10.7. The van der Waals surface area contributed by atoms with Crippen LogP contribution in [0.25, 0.3) is 0 Å². The number of carbonyl (C=O) groups excluding carboxylic acids is 2. The fourth-order valence-corrected chi connectivity index (χ4v) is 6.40. The lowest BCUT2D eigenvalue weighted by Crippen LogP contribution is -2.24. The summed E-state index contributed by atoms with van der Waals surface area (Å²) < 4.78 is 0. The molecule has 26 heavy (non-hydrogen) atoms. The molecule has 0 spiro atoms. The van der Waals surface area contributed by atoms with Crippen molar-refractivity contribution in [2.45, 2.75) is 66.2 Å². The van der Waals surface area contributed by atoms with Gasteiger partial charge in [-0.3, -0.25) is 9.59 Å². The first kappa shape index (κ1) is 17.7. The maximum Gasteiger partial charge on any atom is 0.152 e. The molecule has 0 N–H and O–H groups in total. The molecule has 0 aliphatic heterocycles. The highest BCUT2D eigenvalue weighted by molar-refractivity contribution is 6.17. The van der Waals surface area contributed by atoms with Crippen molar-refractivity contribution in [3.8, 4) is 0 Å². The highest BCUT2D eigenvalue weighted by atomic mass is 16.2. The predicted molar refractivity (Wildman–Crippen MR) is 104 cm³/mol. The van der Waals surface area contributed by atoms with E-state index in [0.29, 0.717) is 11.8 Å². The van der Waals surface area contributed by atoms with Gasteiger partial charge in [-0.15, -0.1) is 0 Å². The van der Waals surface area contributed by atoms with Gasteiger partial charge in [0, 0.05) is 11.8 Å². The summed E-state index contributed by atoms with van der Waals surface area (Å²) in [5.74, 6) is 0.503. The third-order valence-corrected chi connectivity index (χ3v) is 7.19. The molecule has 5 atom stereocenters. The number of allylic oxidation sites excluding steroid dienone is 2. The van der Waals surface area contributed by atoms with E-state index in [4.69, 9.17) is 0 Å². The van der Waals surface area contributed by atoms with Gasteiger partial charge in [0.15, 0.2) is 11.6 Å². The van der Waals surface area contributed by atoms with Crippen molar-refractivity contribution in [1.29, 1.82) is 0 Å². The molecule has 0 aromatic heterocycles. The predicted octanol–water partition coefficient (Wildman–Crippen LogP) is 4.96. The maximum absolute atomic E-state index is 13.5. The van der Waals surface area contributed by atoms with Gasteiger partial charge in [-0.25, -0.2) is 0 Å². The zero-order valence-electron chi connectivity index (χ0n) is 16.7. The van der Waals surface area contributed by atoms with E-state index >= 15 is 0 Å². The molecule has 138 valence electrons. The van der Waals surface area contributed by atoms with Gasteiger partial charge >= 0.3 is 0 Å². The van der Waals surface area contributed by atoms with E-state index in [1.54, 1.807) is 0 Å². The van der Waals surface area contributed by atoms with Crippen LogP contribution in [0.15, 0.2) is 23.3 Å². The van der Waals surface area contributed by atoms with E-state index in [0.717, 1.165) is 31.2 Å². The first-order chi connectivity index (χ1) is 12.4. The Morgan fingerprint density at radius 3 is 1.77 bits per heavy atom. The molecule has 3 aliphatic carbocycles. The first-order valence-corrected chi connectivity index (χ1v) is 10.3. The van der Waals surface area contributed by atoms with Crippen LogP contribution in [-0.4, -0.2) is 11.6 Å². The molecule has 3 aliphatic rings. The second kappa shape index (κ2) is 6.18. The number of Topliss-reactive ketones (excluding diaryl/α,β-unsaturated/α-hetero) is 2. The number of ketones is 2. The standard InChI is InChI=1S/C24H30O2/c1-6-14-10-13(5)11-15(7-2)19(14)22-23(25)20-16-8-9-17(18(16)12(3)4)21(20)24(22)26/h10-11,16-17,20-22H,6-9H2,1-5H3/t16-,17+,20+,21-,22?. The van der Waals surface area contributed by atoms with E-state index < -0.39 is 5.92 Å². The molecule has 3 saturated carbocycles. The van der Waals surface area contributed by atoms with Crippen LogP contribution in [0.4, 0.5) is 0 Å². The molecule has 1 unspecified atom stereocenters. The Kier molecular flexibility index (Phi) is 4.21. The van der Waals surface area contributed by atoms with Crippen LogP contribution in [0.5, 0.6) is 0 Å². The normalized spacial score (nSPS) is 32.5. The fraction of sp³-hybridized carbons (Fsp3) is 0.583. The van der Waals surface area contributed by atoms with Crippen molar-refractivity contribution in [2.75, 3.05) is 0 Å². The Labute approximate surface area is 157 Å². The van der Waals surface area contributed by atoms with Gasteiger partial charge in [0.25, 0.3) is 0 Å². The van der Waals surface area contributed by atoms with E-state index in [2.05, 4.69) is 46.8 Å². The quantitative estimate of drug-likeness (QED) is 0.570. The minimum absolute atomic E-state index is 0.0492. The van der Waals surface area contributed by atoms with E-state index in [1.165, 1.54) is 27.8 Å². The second-order valence-electron chi connectivity index (χ2n) is 8.74. The molecule has 3 fully saturated rings. The first-order valence-electron chi connectivity index (χ1n) is 10.3. The smallest absolute Gasteiger partial charge is 0.152 e. The molecule has 0 amide bonds. The average Bonchev–Trinajstić information content (AvgIpc) is 3.25. The SMILES string of the molecule is CCc1cc(C)cc(CC)c1C1C(=O)[C@@H]2[C@H](C1=O)[C@H]1CC[C@@H]2C1=C(C)C. The number of aryl methyl sites for hydroxylation is 3. The van der Waals surface area contributed by atoms with E-state index in [1.807, 2.05) is 0 Å². The Bertz CT molecular complexity index is 768. The zero-order chi connectivity index (χ0) is 18.7. The molecular weight excluding hydrogens is 320 g/mol. The molecule has 2 bridgehead atoms. The van der Waals surface area contributed by atoms with Crippen LogP contribution in [0.1, 0.15) is 68.7 Å². The maximum atomic E-state index is 13.5. The monoisotopic (exact) mass is 350 g/mol. The molecule has 2 heteroatoms. The summed E-state index contributed by atoms with van der Waals surface area (Å²) in [6, 6.07) is 4.36. The topological polar surface area (TPSA) is 34.1 Å². The van der Waals surface area contributed by atoms with E-state index in [-0.39, 0.29) is 23.4 Å². The number of rotatable bonds is 3. The van der Waals surface area contributed by atoms with Gasteiger partial charge in [0.2, 0.25) is 0 Å². The van der Waals surface area contributed by atoms with Crippen molar-refractivity contribution >= 4 is 11.6 Å². The summed E-state index contributed by atoms with van der Waals surface area (Å²) in [4.78, 5) is 27.1. The molecule has 0 radical (unpaired) electrons. The lowest BCUT2D eigenvalue weighted by molar-refractivity contribution is -0.125. The molecule has 4 rings (SSSR count). The van der Waals surface area contributed by atoms with Gasteiger partial charge in [0.1, 0.15) is 5.92 Å². The minimum atomic E-state index is -0.502. The minimum Gasteiger partial charge on any atom is -0.298 e. The summed E-state index contributed by atoms with van der Waals surface area (Å²) in [6.07, 6.45) is 3.94. The summed E-state index contributed by atoms with van der Waals surface area (Å²) in [7, 11) is 0. The van der Waals surface area contributed by atoms with Gasteiger partial charge in [-0.2, -0.15) is 0 Å². The van der Waals surface area contributed by atoms with Gasteiger partial charge in [0.05, 0.1) is 0 Å². The van der Waals surface area contributed by atoms with Crippen molar-refractivity contribution in [3.05, 3.63) is 45.5 Å². The summed E-state index contributed by atoms with van der Waals surface area (Å²) >= 11 is 0. The number of fused-ring (bicyclic) bond motifs is 5. The van der Waals surface area contributed by atoms with Gasteiger partial charge < -0.3 is 0 Å². The van der Waals surface area contributed by atoms with Crippen LogP contribution in [0.3, 0.4) is 0 Å². The highest BCUT2D eigenvalue weighted by Gasteiger charge is 2.64. The van der Waals surface area contributed by atoms with Crippen LogP contribution in [0, 0.1) is 30.6 Å². The van der Waals surface area contributed by atoms with Crippen LogP contribution < -0.4 is 0 Å². The number of hydrogen-bond acceptors (Lipinski definition) is 2. The Hall–Kier alpha value is -1.70. The van der Waals surface area contributed by atoms with Crippen molar-refractivity contribution < 1.29 is 9.59 Å². The number of carbonyl (C=O) groups is 2. The molecular formula is C24H30O2. The molecule has 1 aromatic carbocycles. The summed E-state index contributed by atoms with van der Waals surface area (Å²) in [5, 5.41) is 0. The molecule has 1 aromatic rings. The van der Waals surface area contributed by atoms with E-state index in [9.17, 15) is 9.59 Å². The number of benzene rings is 1. The van der Waals surface area contributed by atoms with Crippen molar-refractivity contribution in [1.82, 2.24) is 0 Å². The number of hydrogen-bond donors (Lipinski definition) is 0. The third kappa shape index (κ3) is 2.23. The van der Waals surface area contributed by atoms with Gasteiger partial charge in [-0.1, -0.05) is 42.7 Å².